The quantitative estimate of drug-likeness (QED) is 0.775. The minimum Gasteiger partial charge on any atom is -0.488 e. The molecular formula is C19H22O3. The van der Waals surface area contributed by atoms with E-state index >= 15 is 0 Å². The molecule has 3 rings (SSSR count). The molecule has 1 aliphatic heterocycles. The lowest BCUT2D eigenvalue weighted by molar-refractivity contribution is -0.133. The van der Waals surface area contributed by atoms with Crippen LogP contribution in [-0.2, 0) is 14.3 Å². The Bertz CT molecular complexity index is 640. The van der Waals surface area contributed by atoms with Gasteiger partial charge in [-0.05, 0) is 17.4 Å². The van der Waals surface area contributed by atoms with Crippen molar-refractivity contribution >= 4 is 11.6 Å². The summed E-state index contributed by atoms with van der Waals surface area (Å²) in [6.45, 7) is 6.07. The highest BCUT2D eigenvalue weighted by Gasteiger charge is 2.45. The fraction of sp³-hybridized carbons (Fsp3) is 0.474. The van der Waals surface area contributed by atoms with Crippen molar-refractivity contribution in [2.24, 2.45) is 11.3 Å². The number of allylic oxidation sites excluding steroid dienone is 2. The largest absolute Gasteiger partial charge is 0.488 e. The molecule has 0 bridgehead atoms. The topological polar surface area (TPSA) is 43.4 Å². The Balaban J connectivity index is 2.04. The Labute approximate surface area is 131 Å². The molecule has 3 heteroatoms. The van der Waals surface area contributed by atoms with Crippen LogP contribution in [0.15, 0.2) is 41.7 Å². The van der Waals surface area contributed by atoms with E-state index < -0.39 is 0 Å². The average Bonchev–Trinajstić information content (AvgIpc) is 2.46. The van der Waals surface area contributed by atoms with Gasteiger partial charge < -0.3 is 4.74 Å². The highest BCUT2D eigenvalue weighted by molar-refractivity contribution is 6.22. The molecule has 0 aromatic heterocycles. The lowest BCUT2D eigenvalue weighted by Gasteiger charge is -2.39. The van der Waals surface area contributed by atoms with Crippen LogP contribution in [0.2, 0.25) is 0 Å². The number of hydrogen-bond acceptors (Lipinski definition) is 3. The van der Waals surface area contributed by atoms with Crippen molar-refractivity contribution in [3.63, 3.8) is 0 Å². The van der Waals surface area contributed by atoms with Gasteiger partial charge in [-0.3, -0.25) is 9.59 Å². The standard InChI is InChI=1S/C19H22O3/c1-4-13-17(21)16-14(20)10-19(2,3)11-15(16)22-18(13)12-8-6-5-7-9-12/h5-9,13,18H,4,10-11H2,1-3H3. The molecule has 0 N–H and O–H groups in total. The lowest BCUT2D eigenvalue weighted by Crippen LogP contribution is -2.39. The SMILES string of the molecule is CCC1C(=O)C2=C(CC(C)(C)CC2=O)OC1c1ccccc1. The first-order chi connectivity index (χ1) is 10.4. The molecule has 2 unspecified atom stereocenters. The summed E-state index contributed by atoms with van der Waals surface area (Å²) in [5.74, 6) is 0.246. The van der Waals surface area contributed by atoms with Gasteiger partial charge in [-0.2, -0.15) is 0 Å². The molecule has 22 heavy (non-hydrogen) atoms. The summed E-state index contributed by atoms with van der Waals surface area (Å²) >= 11 is 0. The van der Waals surface area contributed by atoms with Crippen LogP contribution in [0.25, 0.3) is 0 Å². The molecule has 1 aromatic rings. The summed E-state index contributed by atoms with van der Waals surface area (Å²) in [6, 6.07) is 9.84. The van der Waals surface area contributed by atoms with Crippen molar-refractivity contribution in [1.82, 2.24) is 0 Å². The maximum atomic E-state index is 12.8. The average molecular weight is 298 g/mol. The van der Waals surface area contributed by atoms with E-state index in [1.54, 1.807) is 0 Å². The van der Waals surface area contributed by atoms with Crippen molar-refractivity contribution in [3.05, 3.63) is 47.2 Å². The van der Waals surface area contributed by atoms with Crippen LogP contribution in [0, 0.1) is 11.3 Å². The fourth-order valence-corrected chi connectivity index (χ4v) is 3.54. The van der Waals surface area contributed by atoms with Gasteiger partial charge >= 0.3 is 0 Å². The first kappa shape index (κ1) is 15.0. The van der Waals surface area contributed by atoms with E-state index in [0.29, 0.717) is 30.6 Å². The summed E-state index contributed by atoms with van der Waals surface area (Å²) in [4.78, 5) is 25.2. The molecule has 1 aromatic carbocycles. The zero-order chi connectivity index (χ0) is 15.9. The number of ether oxygens (including phenoxy) is 1. The number of rotatable bonds is 2. The van der Waals surface area contributed by atoms with Crippen LogP contribution in [0.4, 0.5) is 0 Å². The Kier molecular flexibility index (Phi) is 3.67. The predicted octanol–water partition coefficient (Wildman–Crippen LogP) is 4.00. The van der Waals surface area contributed by atoms with Crippen molar-refractivity contribution in [2.75, 3.05) is 0 Å². The molecule has 3 nitrogen and oxygen atoms in total. The van der Waals surface area contributed by atoms with E-state index in [4.69, 9.17) is 4.74 Å². The van der Waals surface area contributed by atoms with E-state index in [9.17, 15) is 9.59 Å². The zero-order valence-corrected chi connectivity index (χ0v) is 13.4. The zero-order valence-electron chi connectivity index (χ0n) is 13.4. The van der Waals surface area contributed by atoms with Gasteiger partial charge in [0, 0.05) is 12.8 Å². The smallest absolute Gasteiger partial charge is 0.176 e. The van der Waals surface area contributed by atoms with E-state index in [1.807, 2.05) is 51.1 Å². The predicted molar refractivity (Wildman–Crippen MR) is 84.1 cm³/mol. The van der Waals surface area contributed by atoms with Gasteiger partial charge in [0.25, 0.3) is 0 Å². The number of Topliss-reactive ketones (excluding diaryl/α,β-unsaturated/α-hetero) is 2. The van der Waals surface area contributed by atoms with Crippen LogP contribution in [0.1, 0.15) is 51.7 Å². The molecule has 0 radical (unpaired) electrons. The van der Waals surface area contributed by atoms with Crippen LogP contribution in [0.5, 0.6) is 0 Å². The van der Waals surface area contributed by atoms with Crippen LogP contribution >= 0.6 is 0 Å². The van der Waals surface area contributed by atoms with Gasteiger partial charge in [-0.1, -0.05) is 51.1 Å². The molecule has 116 valence electrons. The summed E-state index contributed by atoms with van der Waals surface area (Å²) in [5.41, 5.74) is 1.19. The Morgan fingerprint density at radius 3 is 2.45 bits per heavy atom. The normalized spacial score (nSPS) is 27.4. The first-order valence-electron chi connectivity index (χ1n) is 7.95. The Morgan fingerprint density at radius 1 is 1.14 bits per heavy atom. The second-order valence-corrected chi connectivity index (χ2v) is 7.07. The molecule has 1 aliphatic carbocycles. The molecule has 1 heterocycles. The minimum absolute atomic E-state index is 0.0295. The van der Waals surface area contributed by atoms with E-state index in [2.05, 4.69) is 0 Å². The van der Waals surface area contributed by atoms with Gasteiger partial charge in [0.2, 0.25) is 0 Å². The Morgan fingerprint density at radius 2 is 1.82 bits per heavy atom. The van der Waals surface area contributed by atoms with E-state index in [1.165, 1.54) is 0 Å². The number of ketones is 2. The van der Waals surface area contributed by atoms with Gasteiger partial charge in [0.15, 0.2) is 11.6 Å². The first-order valence-corrected chi connectivity index (χ1v) is 7.95. The molecule has 0 saturated heterocycles. The van der Waals surface area contributed by atoms with Gasteiger partial charge in [0.05, 0.1) is 11.5 Å². The molecule has 0 fully saturated rings. The maximum Gasteiger partial charge on any atom is 0.176 e. The minimum atomic E-state index is -0.279. The number of benzene rings is 1. The summed E-state index contributed by atoms with van der Waals surface area (Å²) in [6.07, 6.45) is 1.47. The Hall–Kier alpha value is -1.90. The molecule has 2 aliphatic rings. The summed E-state index contributed by atoms with van der Waals surface area (Å²) in [5, 5.41) is 0. The van der Waals surface area contributed by atoms with Gasteiger partial charge in [-0.15, -0.1) is 0 Å². The second-order valence-electron chi connectivity index (χ2n) is 7.07. The number of carbonyl (C=O) groups excluding carboxylic acids is 2. The third kappa shape index (κ3) is 2.49. The van der Waals surface area contributed by atoms with Crippen LogP contribution in [-0.4, -0.2) is 11.6 Å². The number of carbonyl (C=O) groups is 2. The summed E-state index contributed by atoms with van der Waals surface area (Å²) < 4.78 is 6.19. The number of hydrogen-bond donors (Lipinski definition) is 0. The van der Waals surface area contributed by atoms with Crippen molar-refractivity contribution in [1.29, 1.82) is 0 Å². The highest BCUT2D eigenvalue weighted by atomic mass is 16.5. The van der Waals surface area contributed by atoms with Crippen molar-refractivity contribution < 1.29 is 14.3 Å². The van der Waals surface area contributed by atoms with Crippen LogP contribution in [0.3, 0.4) is 0 Å². The van der Waals surface area contributed by atoms with Gasteiger partial charge in [0.1, 0.15) is 11.9 Å². The van der Waals surface area contributed by atoms with Crippen molar-refractivity contribution in [3.8, 4) is 0 Å². The fourth-order valence-electron chi connectivity index (χ4n) is 3.54. The molecular weight excluding hydrogens is 276 g/mol. The maximum absolute atomic E-state index is 12.8. The van der Waals surface area contributed by atoms with E-state index in [-0.39, 0.29) is 29.0 Å². The third-order valence-electron chi connectivity index (χ3n) is 4.62. The van der Waals surface area contributed by atoms with E-state index in [0.717, 1.165) is 5.56 Å². The van der Waals surface area contributed by atoms with Crippen LogP contribution < -0.4 is 0 Å². The third-order valence-corrected chi connectivity index (χ3v) is 4.62. The monoisotopic (exact) mass is 298 g/mol. The second kappa shape index (κ2) is 5.38. The molecule has 0 saturated carbocycles. The highest BCUT2D eigenvalue weighted by Crippen LogP contribution is 2.46. The molecule has 0 amide bonds. The molecule has 2 atom stereocenters. The lowest BCUT2D eigenvalue weighted by atomic mass is 9.72. The van der Waals surface area contributed by atoms with Crippen molar-refractivity contribution in [2.45, 2.75) is 46.1 Å². The van der Waals surface area contributed by atoms with Gasteiger partial charge in [-0.25, -0.2) is 0 Å². The molecule has 0 spiro atoms. The summed E-state index contributed by atoms with van der Waals surface area (Å²) in [7, 11) is 0.